The summed E-state index contributed by atoms with van der Waals surface area (Å²) in [5.74, 6) is 0.0379. The highest BCUT2D eigenvalue weighted by atomic mass is 16.5. The van der Waals surface area contributed by atoms with Gasteiger partial charge in [0, 0.05) is 36.0 Å². The van der Waals surface area contributed by atoms with E-state index in [0.29, 0.717) is 11.5 Å². The summed E-state index contributed by atoms with van der Waals surface area (Å²) >= 11 is 0. The van der Waals surface area contributed by atoms with E-state index in [1.807, 2.05) is 47.2 Å². The smallest absolute Gasteiger partial charge is 0.244 e. The number of nitriles is 1. The number of nitrogens with one attached hydrogen (secondary N) is 1. The molecule has 1 atom stereocenters. The molecule has 8 nitrogen and oxygen atoms in total. The molecule has 3 N–H and O–H groups in total. The van der Waals surface area contributed by atoms with E-state index in [0.717, 1.165) is 28.1 Å². The fourth-order valence-corrected chi connectivity index (χ4v) is 3.57. The van der Waals surface area contributed by atoms with Crippen molar-refractivity contribution in [2.45, 2.75) is 5.92 Å². The second kappa shape index (κ2) is 6.65. The van der Waals surface area contributed by atoms with Crippen LogP contribution in [0.25, 0.3) is 16.9 Å². The molecular formula is C21H15N7O. The predicted octanol–water partition coefficient (Wildman–Crippen LogP) is 2.88. The molecule has 0 saturated carbocycles. The van der Waals surface area contributed by atoms with E-state index in [4.69, 9.17) is 10.5 Å². The van der Waals surface area contributed by atoms with Crippen LogP contribution >= 0.6 is 0 Å². The van der Waals surface area contributed by atoms with Crippen molar-refractivity contribution in [3.63, 3.8) is 0 Å². The quantitative estimate of drug-likeness (QED) is 0.563. The van der Waals surface area contributed by atoms with Gasteiger partial charge in [-0.15, -0.1) is 5.10 Å². The van der Waals surface area contributed by atoms with E-state index in [1.165, 1.54) is 0 Å². The topological polar surface area (TPSA) is 118 Å². The van der Waals surface area contributed by atoms with Crippen molar-refractivity contribution in [3.8, 4) is 28.9 Å². The standard InChI is InChI=1S/C21H15N7O/c22-11-16-17(13-1-3-15(4-2-13)28-10-9-25-12-28)18-19(14-5-7-24-8-6-14)26-27-21(18)29-20(16)23/h1-10,12,17H,23H2,(H,26,27). The predicted molar refractivity (Wildman–Crippen MR) is 105 cm³/mol. The molecule has 5 rings (SSSR count). The number of aromatic amines is 1. The number of hydrogen-bond acceptors (Lipinski definition) is 6. The fraction of sp³-hybridized carbons (Fsp3) is 0.0476. The lowest BCUT2D eigenvalue weighted by atomic mass is 9.83. The molecule has 29 heavy (non-hydrogen) atoms. The van der Waals surface area contributed by atoms with Gasteiger partial charge in [0.25, 0.3) is 0 Å². The van der Waals surface area contributed by atoms with Gasteiger partial charge in [-0.3, -0.25) is 10.1 Å². The summed E-state index contributed by atoms with van der Waals surface area (Å²) in [7, 11) is 0. The first-order chi connectivity index (χ1) is 14.3. The number of allylic oxidation sites excluding steroid dienone is 1. The zero-order chi connectivity index (χ0) is 19.8. The normalized spacial score (nSPS) is 15.5. The number of rotatable bonds is 3. The Morgan fingerprint density at radius 3 is 2.55 bits per heavy atom. The maximum Gasteiger partial charge on any atom is 0.244 e. The SMILES string of the molecule is N#CC1=C(N)Oc2n[nH]c(-c3ccncc3)c2C1c1ccc(-n2ccnc2)cc1. The highest BCUT2D eigenvalue weighted by molar-refractivity contribution is 5.70. The van der Waals surface area contributed by atoms with Crippen LogP contribution in [0.2, 0.25) is 0 Å². The molecule has 4 heterocycles. The largest absolute Gasteiger partial charge is 0.420 e. The van der Waals surface area contributed by atoms with Crippen LogP contribution in [0, 0.1) is 11.3 Å². The third kappa shape index (κ3) is 2.73. The number of ether oxygens (including phenoxy) is 1. The highest BCUT2D eigenvalue weighted by Crippen LogP contribution is 2.45. The number of imidazole rings is 1. The van der Waals surface area contributed by atoms with Crippen LogP contribution in [0.15, 0.2) is 79.0 Å². The number of hydrogen-bond donors (Lipinski definition) is 2. The molecule has 8 heteroatoms. The summed E-state index contributed by atoms with van der Waals surface area (Å²) in [6.07, 6.45) is 8.74. The molecule has 1 aromatic carbocycles. The van der Waals surface area contributed by atoms with E-state index in [1.54, 1.807) is 24.9 Å². The van der Waals surface area contributed by atoms with Crippen molar-refractivity contribution in [1.29, 1.82) is 5.26 Å². The molecule has 140 valence electrons. The van der Waals surface area contributed by atoms with E-state index >= 15 is 0 Å². The third-order valence-electron chi connectivity index (χ3n) is 4.94. The van der Waals surface area contributed by atoms with Gasteiger partial charge < -0.3 is 15.0 Å². The van der Waals surface area contributed by atoms with Gasteiger partial charge in [0.2, 0.25) is 11.8 Å². The molecule has 3 aromatic heterocycles. The Bertz CT molecular complexity index is 1230. The van der Waals surface area contributed by atoms with Crippen molar-refractivity contribution in [3.05, 3.63) is 90.1 Å². The minimum absolute atomic E-state index is 0.0662. The summed E-state index contributed by atoms with van der Waals surface area (Å²) in [4.78, 5) is 8.14. The lowest BCUT2D eigenvalue weighted by Crippen LogP contribution is -2.21. The van der Waals surface area contributed by atoms with Crippen LogP contribution < -0.4 is 10.5 Å². The first-order valence-corrected chi connectivity index (χ1v) is 8.91. The van der Waals surface area contributed by atoms with Crippen LogP contribution in [0.5, 0.6) is 5.88 Å². The number of aromatic nitrogens is 5. The minimum Gasteiger partial charge on any atom is -0.420 e. The van der Waals surface area contributed by atoms with Gasteiger partial charge in [0.05, 0.1) is 23.5 Å². The van der Waals surface area contributed by atoms with E-state index < -0.39 is 5.92 Å². The van der Waals surface area contributed by atoms with Crippen LogP contribution in [-0.2, 0) is 0 Å². The second-order valence-corrected chi connectivity index (χ2v) is 6.54. The van der Waals surface area contributed by atoms with E-state index in [2.05, 4.69) is 26.2 Å². The van der Waals surface area contributed by atoms with Gasteiger partial charge in [-0.2, -0.15) is 5.26 Å². The van der Waals surface area contributed by atoms with E-state index in [9.17, 15) is 5.26 Å². The van der Waals surface area contributed by atoms with Crippen LogP contribution in [0.1, 0.15) is 17.0 Å². The van der Waals surface area contributed by atoms with Crippen LogP contribution in [-0.4, -0.2) is 24.7 Å². The van der Waals surface area contributed by atoms with Gasteiger partial charge >= 0.3 is 0 Å². The van der Waals surface area contributed by atoms with Gasteiger partial charge in [0.15, 0.2) is 0 Å². The molecule has 0 radical (unpaired) electrons. The first-order valence-electron chi connectivity index (χ1n) is 8.91. The van der Waals surface area contributed by atoms with Crippen molar-refractivity contribution in [2.75, 3.05) is 0 Å². The average Bonchev–Trinajstić information content (AvgIpc) is 3.44. The monoisotopic (exact) mass is 381 g/mol. The van der Waals surface area contributed by atoms with Crippen LogP contribution in [0.4, 0.5) is 0 Å². The number of nitrogens with zero attached hydrogens (tertiary/aromatic N) is 5. The molecule has 1 aliphatic heterocycles. The maximum atomic E-state index is 9.80. The number of fused-ring (bicyclic) bond motifs is 1. The number of pyridine rings is 1. The van der Waals surface area contributed by atoms with Crippen LogP contribution in [0.3, 0.4) is 0 Å². The molecule has 4 aromatic rings. The Morgan fingerprint density at radius 2 is 1.86 bits per heavy atom. The molecule has 1 aliphatic rings. The van der Waals surface area contributed by atoms with Crippen molar-refractivity contribution < 1.29 is 4.74 Å². The molecule has 0 spiro atoms. The summed E-state index contributed by atoms with van der Waals surface area (Å²) < 4.78 is 7.55. The maximum absolute atomic E-state index is 9.80. The molecule has 0 bridgehead atoms. The number of nitrogens with two attached hydrogens (primary N) is 1. The lowest BCUT2D eigenvalue weighted by molar-refractivity contribution is 0.379. The van der Waals surface area contributed by atoms with Gasteiger partial charge in [-0.05, 0) is 29.8 Å². The Balaban J connectivity index is 1.66. The first kappa shape index (κ1) is 16.8. The van der Waals surface area contributed by atoms with Crippen molar-refractivity contribution >= 4 is 0 Å². The second-order valence-electron chi connectivity index (χ2n) is 6.54. The zero-order valence-corrected chi connectivity index (χ0v) is 15.1. The van der Waals surface area contributed by atoms with Gasteiger partial charge in [-0.1, -0.05) is 12.1 Å². The molecule has 0 saturated heterocycles. The van der Waals surface area contributed by atoms with Crippen molar-refractivity contribution in [2.24, 2.45) is 5.73 Å². The Kier molecular flexibility index (Phi) is 3.85. The van der Waals surface area contributed by atoms with E-state index in [-0.39, 0.29) is 5.88 Å². The number of benzene rings is 1. The molecule has 1 unspecified atom stereocenters. The Morgan fingerprint density at radius 1 is 1.07 bits per heavy atom. The fourth-order valence-electron chi connectivity index (χ4n) is 3.57. The highest BCUT2D eigenvalue weighted by Gasteiger charge is 2.35. The number of H-pyrrole nitrogens is 1. The summed E-state index contributed by atoms with van der Waals surface area (Å²) in [5, 5.41) is 17.1. The van der Waals surface area contributed by atoms with Gasteiger partial charge in [-0.25, -0.2) is 4.98 Å². The minimum atomic E-state index is -0.400. The summed E-state index contributed by atoms with van der Waals surface area (Å²) in [6, 6.07) is 13.9. The molecule has 0 aliphatic carbocycles. The zero-order valence-electron chi connectivity index (χ0n) is 15.1. The van der Waals surface area contributed by atoms with Crippen molar-refractivity contribution in [1.82, 2.24) is 24.7 Å². The molecule has 0 amide bonds. The Labute approximate surface area is 165 Å². The lowest BCUT2D eigenvalue weighted by Gasteiger charge is -2.24. The molecular weight excluding hydrogens is 366 g/mol. The average molecular weight is 381 g/mol. The summed E-state index contributed by atoms with van der Waals surface area (Å²) in [6.45, 7) is 0. The Hall–Kier alpha value is -4.38. The summed E-state index contributed by atoms with van der Waals surface area (Å²) in [5.41, 5.74) is 10.7. The third-order valence-corrected chi connectivity index (χ3v) is 4.94. The van der Waals surface area contributed by atoms with Gasteiger partial charge in [0.1, 0.15) is 11.6 Å². The molecule has 0 fully saturated rings.